The van der Waals surface area contributed by atoms with Crippen LogP contribution in [0.4, 0.5) is 13.2 Å². The third-order valence-corrected chi connectivity index (χ3v) is 3.58. The van der Waals surface area contributed by atoms with Crippen molar-refractivity contribution in [3.8, 4) is 5.69 Å². The Hall–Kier alpha value is -1.25. The first-order chi connectivity index (χ1) is 9.61. The zero-order valence-corrected chi connectivity index (χ0v) is 12.8. The fourth-order valence-corrected chi connectivity index (χ4v) is 2.67. The van der Waals surface area contributed by atoms with Gasteiger partial charge >= 0.3 is 12.1 Å². The maximum atomic E-state index is 12.6. The number of benzene rings is 1. The highest BCUT2D eigenvalue weighted by atomic mass is 79.9. The maximum Gasteiger partial charge on any atom is 0.416 e. The number of aromatic nitrogens is 2. The van der Waals surface area contributed by atoms with Gasteiger partial charge in [0, 0.05) is 6.07 Å². The van der Waals surface area contributed by atoms with Crippen LogP contribution in [0.25, 0.3) is 5.69 Å². The van der Waals surface area contributed by atoms with Crippen molar-refractivity contribution in [2.24, 2.45) is 0 Å². The van der Waals surface area contributed by atoms with Crippen molar-refractivity contribution in [1.29, 1.82) is 0 Å². The molecule has 112 valence electrons. The summed E-state index contributed by atoms with van der Waals surface area (Å²) in [6.45, 7) is 0. The first-order valence-electron chi connectivity index (χ1n) is 5.16. The molecule has 0 fully saturated rings. The van der Waals surface area contributed by atoms with Crippen molar-refractivity contribution < 1.29 is 23.1 Å². The average molecular weight is 404 g/mol. The molecule has 0 bridgehead atoms. The van der Waals surface area contributed by atoms with E-state index in [0.717, 1.165) is 4.68 Å². The predicted octanol–water partition coefficient (Wildman–Crippen LogP) is 4.66. The highest BCUT2D eigenvalue weighted by Gasteiger charge is 2.32. The van der Waals surface area contributed by atoms with Gasteiger partial charge in [0.15, 0.2) is 5.69 Å². The van der Waals surface area contributed by atoms with E-state index >= 15 is 0 Å². The molecule has 0 radical (unpaired) electrons. The number of hydrogen-bond donors (Lipinski definition) is 1. The maximum absolute atomic E-state index is 12.6. The number of halogens is 6. The van der Waals surface area contributed by atoms with Gasteiger partial charge in [-0.15, -0.1) is 0 Å². The lowest BCUT2D eigenvalue weighted by atomic mass is 10.2. The largest absolute Gasteiger partial charge is 0.476 e. The lowest BCUT2D eigenvalue weighted by Gasteiger charge is -2.12. The summed E-state index contributed by atoms with van der Waals surface area (Å²) >= 11 is 14.7. The summed E-state index contributed by atoms with van der Waals surface area (Å²) in [6.07, 6.45) is -4.60. The van der Waals surface area contributed by atoms with E-state index in [1.54, 1.807) is 0 Å². The molecular weight excluding hydrogens is 400 g/mol. The minimum Gasteiger partial charge on any atom is -0.476 e. The second-order valence-electron chi connectivity index (χ2n) is 3.86. The molecule has 0 spiro atoms. The summed E-state index contributed by atoms with van der Waals surface area (Å²) in [5.74, 6) is -1.30. The summed E-state index contributed by atoms with van der Waals surface area (Å²) in [7, 11) is 0. The highest BCUT2D eigenvalue weighted by molar-refractivity contribution is 9.10. The number of carbonyl (C=O) groups is 1. The van der Waals surface area contributed by atoms with Crippen molar-refractivity contribution >= 4 is 45.1 Å². The third kappa shape index (κ3) is 3.17. The van der Waals surface area contributed by atoms with Gasteiger partial charge < -0.3 is 5.11 Å². The molecule has 0 saturated carbocycles. The van der Waals surface area contributed by atoms with E-state index in [-0.39, 0.29) is 26.0 Å². The molecular formula is C11H4BrCl2F3N2O2. The monoisotopic (exact) mass is 402 g/mol. The Morgan fingerprint density at radius 1 is 1.24 bits per heavy atom. The van der Waals surface area contributed by atoms with E-state index in [4.69, 9.17) is 28.3 Å². The summed E-state index contributed by atoms with van der Waals surface area (Å²) < 4.78 is 39.1. The number of alkyl halides is 3. The van der Waals surface area contributed by atoms with E-state index in [1.807, 2.05) is 0 Å². The predicted molar refractivity (Wildman–Crippen MR) is 73.2 cm³/mol. The second-order valence-corrected chi connectivity index (χ2v) is 5.48. The molecule has 4 nitrogen and oxygen atoms in total. The Balaban J connectivity index is 2.63. The quantitative estimate of drug-likeness (QED) is 0.793. The molecule has 0 unspecified atom stereocenters. The lowest BCUT2D eigenvalue weighted by Crippen LogP contribution is -2.08. The van der Waals surface area contributed by atoms with Gasteiger partial charge in [0.25, 0.3) is 0 Å². The third-order valence-electron chi connectivity index (χ3n) is 2.44. The van der Waals surface area contributed by atoms with E-state index < -0.39 is 17.7 Å². The Morgan fingerprint density at radius 3 is 2.14 bits per heavy atom. The van der Waals surface area contributed by atoms with Crippen LogP contribution in [0.3, 0.4) is 0 Å². The van der Waals surface area contributed by atoms with E-state index in [9.17, 15) is 18.0 Å². The van der Waals surface area contributed by atoms with E-state index in [2.05, 4.69) is 21.0 Å². The number of hydrogen-bond acceptors (Lipinski definition) is 2. The molecule has 1 aromatic carbocycles. The van der Waals surface area contributed by atoms with Crippen LogP contribution in [0.15, 0.2) is 22.8 Å². The molecule has 2 rings (SSSR count). The second kappa shape index (κ2) is 5.51. The number of carboxylic acid groups (broad SMARTS) is 1. The van der Waals surface area contributed by atoms with Crippen molar-refractivity contribution in [1.82, 2.24) is 9.78 Å². The zero-order chi connectivity index (χ0) is 15.9. The van der Waals surface area contributed by atoms with Crippen LogP contribution in [0, 0.1) is 0 Å². The summed E-state index contributed by atoms with van der Waals surface area (Å²) in [4.78, 5) is 10.8. The summed E-state index contributed by atoms with van der Waals surface area (Å²) in [5.41, 5.74) is -1.37. The van der Waals surface area contributed by atoms with Gasteiger partial charge in [-0.05, 0) is 28.1 Å². The molecule has 0 amide bonds. The molecule has 1 aromatic heterocycles. The van der Waals surface area contributed by atoms with Crippen LogP contribution in [-0.2, 0) is 6.18 Å². The normalized spacial score (nSPS) is 11.7. The van der Waals surface area contributed by atoms with Crippen LogP contribution in [0.2, 0.25) is 10.0 Å². The van der Waals surface area contributed by atoms with E-state index in [1.165, 1.54) is 6.07 Å². The summed E-state index contributed by atoms with van der Waals surface area (Å²) in [5, 5.41) is 11.9. The van der Waals surface area contributed by atoms with E-state index in [0.29, 0.717) is 12.1 Å². The minimum absolute atomic E-state index is 0.0503. The van der Waals surface area contributed by atoms with Crippen molar-refractivity contribution in [2.45, 2.75) is 6.18 Å². The molecule has 2 aromatic rings. The standard InChI is InChI=1S/C11H4BrCl2F3N2O2/c12-8-3-7(10(20)21)18-19(8)9-5(13)1-4(2-6(9)14)11(15,16)17/h1-3H,(H,20,21). The smallest absolute Gasteiger partial charge is 0.416 e. The minimum atomic E-state index is -4.60. The van der Waals surface area contributed by atoms with Crippen LogP contribution >= 0.6 is 39.1 Å². The Kier molecular flexibility index (Phi) is 4.23. The number of rotatable bonds is 2. The molecule has 10 heteroatoms. The SMILES string of the molecule is O=C(O)c1cc(Br)n(-c2c(Cl)cc(C(F)(F)F)cc2Cl)n1. The zero-order valence-electron chi connectivity index (χ0n) is 9.75. The molecule has 0 aliphatic carbocycles. The fraction of sp³-hybridized carbons (Fsp3) is 0.0909. The van der Waals surface area contributed by atoms with Crippen molar-refractivity contribution in [3.05, 3.63) is 44.1 Å². The van der Waals surface area contributed by atoms with Gasteiger partial charge in [-0.25, -0.2) is 9.48 Å². The van der Waals surface area contributed by atoms with Crippen LogP contribution in [0.1, 0.15) is 16.1 Å². The number of aromatic carboxylic acids is 1. The molecule has 1 heterocycles. The Morgan fingerprint density at radius 2 is 1.76 bits per heavy atom. The molecule has 0 aliphatic rings. The summed E-state index contributed by atoms with van der Waals surface area (Å²) in [6, 6.07) is 2.56. The van der Waals surface area contributed by atoms with Gasteiger partial charge in [0.2, 0.25) is 0 Å². The van der Waals surface area contributed by atoms with Crippen molar-refractivity contribution in [3.63, 3.8) is 0 Å². The topological polar surface area (TPSA) is 55.1 Å². The molecule has 0 saturated heterocycles. The van der Waals surface area contributed by atoms with Gasteiger partial charge in [0.05, 0.1) is 15.6 Å². The Labute approximate surface area is 134 Å². The van der Waals surface area contributed by atoms with Crippen LogP contribution in [-0.4, -0.2) is 20.9 Å². The van der Waals surface area contributed by atoms with Gasteiger partial charge in [0.1, 0.15) is 10.3 Å². The lowest BCUT2D eigenvalue weighted by molar-refractivity contribution is -0.137. The van der Waals surface area contributed by atoms with Crippen molar-refractivity contribution in [2.75, 3.05) is 0 Å². The first kappa shape index (κ1) is 16.1. The van der Waals surface area contributed by atoms with Gasteiger partial charge in [-0.1, -0.05) is 23.2 Å². The highest BCUT2D eigenvalue weighted by Crippen LogP contribution is 2.38. The fourth-order valence-electron chi connectivity index (χ4n) is 1.55. The Bertz CT molecular complexity index is 708. The molecule has 0 aliphatic heterocycles. The molecule has 0 atom stereocenters. The average Bonchev–Trinajstić information content (AvgIpc) is 2.69. The van der Waals surface area contributed by atoms with Crippen LogP contribution in [0.5, 0.6) is 0 Å². The number of carboxylic acids is 1. The van der Waals surface area contributed by atoms with Gasteiger partial charge in [-0.3, -0.25) is 0 Å². The molecule has 1 N–H and O–H groups in total. The van der Waals surface area contributed by atoms with Crippen LogP contribution < -0.4 is 0 Å². The molecule has 21 heavy (non-hydrogen) atoms. The number of nitrogens with zero attached hydrogens (tertiary/aromatic N) is 2. The van der Waals surface area contributed by atoms with Gasteiger partial charge in [-0.2, -0.15) is 18.3 Å². The first-order valence-corrected chi connectivity index (χ1v) is 6.71.